The average Bonchev–Trinajstić information content (AvgIpc) is 3.90. The van der Waals surface area contributed by atoms with Crippen LogP contribution in [0, 0.1) is 0 Å². The Morgan fingerprint density at radius 3 is 1.23 bits per heavy atom. The van der Waals surface area contributed by atoms with Crippen molar-refractivity contribution in [2.24, 2.45) is 0 Å². The number of anilines is 3. The highest BCUT2D eigenvalue weighted by atomic mass is 15.1. The van der Waals surface area contributed by atoms with Gasteiger partial charge < -0.3 is 4.90 Å². The van der Waals surface area contributed by atoms with E-state index in [9.17, 15) is 0 Å². The predicted molar refractivity (Wildman–Crippen MR) is 290 cm³/mol. The molecule has 0 saturated heterocycles. The normalized spacial score (nSPS) is 16.2. The standard InChI is InChI=1S/C68H53N/c1-66(2)60-23-12-9-18-54(60)57-40-32-47(42-63(57)66)44-26-34-50(35-27-44)69(52-38-30-46(31-39-52)53-21-15-22-59-56-20-10-13-24-61(56)67(3,4)65(53)59)51-36-28-45(29-37-51)48-33-41-58-55-19-11-14-25-62(55)68(5,64(58)43-48)49-16-7-6-8-17-49/h6-43H,1-5H3. The van der Waals surface area contributed by atoms with Crippen LogP contribution in [-0.4, -0.2) is 0 Å². The lowest BCUT2D eigenvalue weighted by atomic mass is 9.74. The third kappa shape index (κ3) is 6.16. The Kier molecular flexibility index (Phi) is 9.11. The number of nitrogens with zero attached hydrogens (tertiary/aromatic N) is 1. The molecule has 0 aliphatic heterocycles. The number of hydrogen-bond acceptors (Lipinski definition) is 1. The maximum absolute atomic E-state index is 2.44. The first-order valence-electron chi connectivity index (χ1n) is 24.5. The molecule has 0 radical (unpaired) electrons. The molecule has 0 spiro atoms. The first kappa shape index (κ1) is 41.2. The molecule has 1 heteroatoms. The summed E-state index contributed by atoms with van der Waals surface area (Å²) in [5.41, 5.74) is 28.0. The molecule has 0 bridgehead atoms. The molecule has 0 amide bonds. The lowest BCUT2D eigenvalue weighted by Crippen LogP contribution is -2.22. The second-order valence-electron chi connectivity index (χ2n) is 20.6. The Hall–Kier alpha value is -8.00. The molecule has 0 N–H and O–H groups in total. The molecule has 0 aromatic heterocycles. The quantitative estimate of drug-likeness (QED) is 0.154. The monoisotopic (exact) mass is 883 g/mol. The number of fused-ring (bicyclic) bond motifs is 9. The molecule has 1 unspecified atom stereocenters. The van der Waals surface area contributed by atoms with Crippen molar-refractivity contribution in [3.05, 3.63) is 269 Å². The number of benzene rings is 10. The fourth-order valence-corrected chi connectivity index (χ4v) is 12.6. The van der Waals surface area contributed by atoms with E-state index in [1.807, 2.05) is 0 Å². The van der Waals surface area contributed by atoms with Crippen LogP contribution in [0.5, 0.6) is 0 Å². The van der Waals surface area contributed by atoms with Gasteiger partial charge in [-0.15, -0.1) is 0 Å². The zero-order valence-electron chi connectivity index (χ0n) is 39.9. The van der Waals surface area contributed by atoms with Gasteiger partial charge in [0.25, 0.3) is 0 Å². The zero-order valence-corrected chi connectivity index (χ0v) is 39.9. The van der Waals surface area contributed by atoms with Crippen LogP contribution >= 0.6 is 0 Å². The molecule has 1 atom stereocenters. The van der Waals surface area contributed by atoms with Gasteiger partial charge in [-0.25, -0.2) is 0 Å². The fraction of sp³-hybridized carbons (Fsp3) is 0.118. The van der Waals surface area contributed by atoms with Gasteiger partial charge in [0.05, 0.1) is 0 Å². The van der Waals surface area contributed by atoms with E-state index in [-0.39, 0.29) is 16.2 Å². The van der Waals surface area contributed by atoms with Crippen molar-refractivity contribution in [1.82, 2.24) is 0 Å². The Morgan fingerprint density at radius 1 is 0.261 bits per heavy atom. The van der Waals surface area contributed by atoms with Crippen LogP contribution < -0.4 is 4.90 Å². The second-order valence-corrected chi connectivity index (χ2v) is 20.6. The summed E-state index contributed by atoms with van der Waals surface area (Å²) in [6.07, 6.45) is 0. The summed E-state index contributed by atoms with van der Waals surface area (Å²) in [5, 5.41) is 0. The van der Waals surface area contributed by atoms with Crippen molar-refractivity contribution in [3.63, 3.8) is 0 Å². The topological polar surface area (TPSA) is 3.24 Å². The number of hydrogen-bond donors (Lipinski definition) is 0. The van der Waals surface area contributed by atoms with Crippen LogP contribution in [0.15, 0.2) is 231 Å². The SMILES string of the molecule is CC1(C)c2ccccc2-c2ccc(-c3ccc(N(c4ccc(-c5ccc6c(c5)C(C)(c5ccccc5)c5ccccc5-6)cc4)c4ccc(-c5cccc6c5C(C)(C)c5ccccc5-6)cc4)cc3)cc21. The van der Waals surface area contributed by atoms with E-state index in [1.54, 1.807) is 0 Å². The Balaban J connectivity index is 0.882. The average molecular weight is 884 g/mol. The third-order valence-electron chi connectivity index (χ3n) is 16.2. The van der Waals surface area contributed by atoms with E-state index in [4.69, 9.17) is 0 Å². The van der Waals surface area contributed by atoms with Crippen molar-refractivity contribution in [3.8, 4) is 66.8 Å². The van der Waals surface area contributed by atoms with Gasteiger partial charge in [-0.05, 0) is 161 Å². The largest absolute Gasteiger partial charge is 0.311 e. The van der Waals surface area contributed by atoms with E-state index >= 15 is 0 Å². The summed E-state index contributed by atoms with van der Waals surface area (Å²) >= 11 is 0. The highest BCUT2D eigenvalue weighted by Gasteiger charge is 2.41. The molecule has 330 valence electrons. The molecule has 3 aliphatic carbocycles. The van der Waals surface area contributed by atoms with Crippen LogP contribution in [0.4, 0.5) is 17.1 Å². The fourth-order valence-electron chi connectivity index (χ4n) is 12.6. The van der Waals surface area contributed by atoms with Gasteiger partial charge in [0.1, 0.15) is 0 Å². The summed E-state index contributed by atoms with van der Waals surface area (Å²) in [7, 11) is 0. The molecule has 0 heterocycles. The third-order valence-corrected chi connectivity index (χ3v) is 16.2. The van der Waals surface area contributed by atoms with Crippen LogP contribution in [-0.2, 0) is 16.2 Å². The smallest absolute Gasteiger partial charge is 0.0462 e. The summed E-state index contributed by atoms with van der Waals surface area (Å²) < 4.78 is 0. The van der Waals surface area contributed by atoms with E-state index in [2.05, 4.69) is 270 Å². The Bertz CT molecular complexity index is 3650. The van der Waals surface area contributed by atoms with Gasteiger partial charge in [-0.1, -0.05) is 210 Å². The molecular weight excluding hydrogens is 831 g/mol. The van der Waals surface area contributed by atoms with Crippen molar-refractivity contribution >= 4 is 17.1 Å². The van der Waals surface area contributed by atoms with Gasteiger partial charge in [0.15, 0.2) is 0 Å². The molecule has 3 aliphatic rings. The van der Waals surface area contributed by atoms with Gasteiger partial charge in [0.2, 0.25) is 0 Å². The predicted octanol–water partition coefficient (Wildman–Crippen LogP) is 18.1. The minimum Gasteiger partial charge on any atom is -0.311 e. The van der Waals surface area contributed by atoms with Gasteiger partial charge in [-0.3, -0.25) is 0 Å². The van der Waals surface area contributed by atoms with Crippen LogP contribution in [0.25, 0.3) is 66.8 Å². The molecule has 10 aromatic rings. The summed E-state index contributed by atoms with van der Waals surface area (Å²) in [5.74, 6) is 0. The molecular formula is C68H53N. The highest BCUT2D eigenvalue weighted by molar-refractivity contribution is 5.90. The van der Waals surface area contributed by atoms with Crippen LogP contribution in [0.2, 0.25) is 0 Å². The van der Waals surface area contributed by atoms with Gasteiger partial charge >= 0.3 is 0 Å². The van der Waals surface area contributed by atoms with E-state index in [0.29, 0.717) is 0 Å². The van der Waals surface area contributed by atoms with Gasteiger partial charge in [0, 0.05) is 33.3 Å². The molecule has 0 fully saturated rings. The summed E-state index contributed by atoms with van der Waals surface area (Å²) in [6, 6.07) is 86.2. The maximum Gasteiger partial charge on any atom is 0.0462 e. The van der Waals surface area contributed by atoms with Crippen molar-refractivity contribution in [2.45, 2.75) is 50.9 Å². The van der Waals surface area contributed by atoms with Crippen molar-refractivity contribution < 1.29 is 0 Å². The second kappa shape index (κ2) is 15.3. The Morgan fingerprint density at radius 2 is 0.652 bits per heavy atom. The number of rotatable bonds is 7. The summed E-state index contributed by atoms with van der Waals surface area (Å²) in [4.78, 5) is 2.40. The molecule has 1 nitrogen and oxygen atoms in total. The Labute approximate surface area is 407 Å². The first-order valence-corrected chi connectivity index (χ1v) is 24.5. The molecule has 69 heavy (non-hydrogen) atoms. The maximum atomic E-state index is 2.44. The zero-order chi connectivity index (χ0) is 46.6. The minimum atomic E-state index is -0.251. The van der Waals surface area contributed by atoms with Crippen LogP contribution in [0.3, 0.4) is 0 Å². The van der Waals surface area contributed by atoms with E-state index in [0.717, 1.165) is 17.1 Å². The van der Waals surface area contributed by atoms with Gasteiger partial charge in [-0.2, -0.15) is 0 Å². The first-order chi connectivity index (χ1) is 33.6. The van der Waals surface area contributed by atoms with Crippen molar-refractivity contribution in [1.29, 1.82) is 0 Å². The highest BCUT2D eigenvalue weighted by Crippen LogP contribution is 2.55. The molecule has 0 saturated carbocycles. The van der Waals surface area contributed by atoms with E-state index < -0.39 is 0 Å². The van der Waals surface area contributed by atoms with Crippen molar-refractivity contribution in [2.75, 3.05) is 4.90 Å². The molecule has 10 aromatic carbocycles. The van der Waals surface area contributed by atoms with Crippen LogP contribution in [0.1, 0.15) is 73.6 Å². The minimum absolute atomic E-state index is 0.0527. The lowest BCUT2D eigenvalue weighted by Gasteiger charge is -2.28. The lowest BCUT2D eigenvalue weighted by molar-refractivity contribution is 0.660. The summed E-state index contributed by atoms with van der Waals surface area (Å²) in [6.45, 7) is 11.8. The molecule has 13 rings (SSSR count). The van der Waals surface area contributed by atoms with E-state index in [1.165, 1.54) is 106 Å².